The molecule has 6 nitrogen and oxygen atoms in total. The Bertz CT molecular complexity index is 1090. The first-order valence-corrected chi connectivity index (χ1v) is 10.7. The van der Waals surface area contributed by atoms with Gasteiger partial charge in [-0.3, -0.25) is 4.99 Å². The van der Waals surface area contributed by atoms with E-state index in [4.69, 9.17) is 0 Å². The van der Waals surface area contributed by atoms with Crippen molar-refractivity contribution in [3.8, 4) is 5.69 Å². The first kappa shape index (κ1) is 20.7. The number of nitrogens with zero attached hydrogens (tertiary/aromatic N) is 4. The molecule has 1 aliphatic heterocycles. The van der Waals surface area contributed by atoms with Gasteiger partial charge in [-0.25, -0.2) is 4.68 Å². The first-order valence-electron chi connectivity index (χ1n) is 10.7. The van der Waals surface area contributed by atoms with E-state index in [-0.39, 0.29) is 0 Å². The van der Waals surface area contributed by atoms with Crippen LogP contribution in [0.1, 0.15) is 22.5 Å². The highest BCUT2D eigenvalue weighted by Gasteiger charge is 2.10. The highest BCUT2D eigenvalue weighted by atomic mass is 15.3. The summed E-state index contributed by atoms with van der Waals surface area (Å²) in [6.07, 6.45) is 4.42. The SMILES string of the molecule is CN=C(NCc1cccc(N2CC=CC2)c1)NCc1ccccc1-n1nc(C)cc1C. The van der Waals surface area contributed by atoms with Gasteiger partial charge in [-0.1, -0.05) is 42.5 Å². The molecule has 2 heterocycles. The van der Waals surface area contributed by atoms with Gasteiger partial charge in [0.1, 0.15) is 0 Å². The number of guanidine groups is 1. The van der Waals surface area contributed by atoms with Crippen molar-refractivity contribution in [2.24, 2.45) is 4.99 Å². The Kier molecular flexibility index (Phi) is 6.36. The monoisotopic (exact) mass is 414 g/mol. The summed E-state index contributed by atoms with van der Waals surface area (Å²) < 4.78 is 2.00. The van der Waals surface area contributed by atoms with E-state index in [1.54, 1.807) is 7.05 Å². The van der Waals surface area contributed by atoms with Crippen LogP contribution < -0.4 is 15.5 Å². The molecule has 0 amide bonds. The van der Waals surface area contributed by atoms with Crippen LogP contribution in [0.5, 0.6) is 0 Å². The molecule has 1 aromatic heterocycles. The number of aliphatic imine (C=N–C) groups is 1. The Morgan fingerprint density at radius 2 is 1.74 bits per heavy atom. The lowest BCUT2D eigenvalue weighted by Gasteiger charge is -2.19. The lowest BCUT2D eigenvalue weighted by molar-refractivity contribution is 0.781. The number of hydrogen-bond acceptors (Lipinski definition) is 3. The average molecular weight is 415 g/mol. The molecular formula is C25H30N6. The second kappa shape index (κ2) is 9.51. The van der Waals surface area contributed by atoms with E-state index in [1.807, 2.05) is 17.7 Å². The predicted octanol–water partition coefficient (Wildman–Crippen LogP) is 3.73. The predicted molar refractivity (Wildman–Crippen MR) is 128 cm³/mol. The molecule has 3 aromatic rings. The Labute approximate surface area is 184 Å². The molecule has 160 valence electrons. The van der Waals surface area contributed by atoms with Crippen molar-refractivity contribution in [3.05, 3.63) is 89.3 Å². The molecule has 0 bridgehead atoms. The third kappa shape index (κ3) is 4.97. The van der Waals surface area contributed by atoms with Crippen molar-refractivity contribution in [1.82, 2.24) is 20.4 Å². The van der Waals surface area contributed by atoms with Gasteiger partial charge in [0, 0.05) is 44.6 Å². The summed E-state index contributed by atoms with van der Waals surface area (Å²) in [6.45, 7) is 7.44. The molecule has 0 radical (unpaired) electrons. The van der Waals surface area contributed by atoms with Gasteiger partial charge in [0.05, 0.1) is 11.4 Å². The smallest absolute Gasteiger partial charge is 0.191 e. The Balaban J connectivity index is 1.39. The molecule has 2 N–H and O–H groups in total. The maximum atomic E-state index is 4.64. The van der Waals surface area contributed by atoms with Crippen LogP contribution in [0.2, 0.25) is 0 Å². The van der Waals surface area contributed by atoms with Gasteiger partial charge in [0.25, 0.3) is 0 Å². The Morgan fingerprint density at radius 1 is 0.968 bits per heavy atom. The fourth-order valence-corrected chi connectivity index (χ4v) is 3.88. The summed E-state index contributed by atoms with van der Waals surface area (Å²) in [5, 5.41) is 11.5. The van der Waals surface area contributed by atoms with Crippen LogP contribution in [0.15, 0.2) is 71.7 Å². The van der Waals surface area contributed by atoms with E-state index in [0.717, 1.165) is 36.1 Å². The summed E-state index contributed by atoms with van der Waals surface area (Å²) >= 11 is 0. The van der Waals surface area contributed by atoms with Crippen LogP contribution >= 0.6 is 0 Å². The van der Waals surface area contributed by atoms with E-state index in [1.165, 1.54) is 16.8 Å². The molecule has 1 aliphatic rings. The maximum absolute atomic E-state index is 4.64. The zero-order chi connectivity index (χ0) is 21.6. The minimum atomic E-state index is 0.660. The van der Waals surface area contributed by atoms with E-state index < -0.39 is 0 Å². The van der Waals surface area contributed by atoms with E-state index in [2.05, 4.69) is 93.2 Å². The van der Waals surface area contributed by atoms with Crippen molar-refractivity contribution in [2.45, 2.75) is 26.9 Å². The van der Waals surface area contributed by atoms with Gasteiger partial charge in [0.2, 0.25) is 0 Å². The summed E-state index contributed by atoms with van der Waals surface area (Å²) in [7, 11) is 1.80. The number of hydrogen-bond donors (Lipinski definition) is 2. The minimum absolute atomic E-state index is 0.660. The van der Waals surface area contributed by atoms with E-state index in [9.17, 15) is 0 Å². The normalized spacial score (nSPS) is 13.6. The van der Waals surface area contributed by atoms with Crippen LogP contribution in [-0.4, -0.2) is 35.9 Å². The second-order valence-corrected chi connectivity index (χ2v) is 7.79. The second-order valence-electron chi connectivity index (χ2n) is 7.79. The number of para-hydroxylation sites is 1. The average Bonchev–Trinajstić information content (AvgIpc) is 3.44. The molecule has 0 fully saturated rings. The van der Waals surface area contributed by atoms with Gasteiger partial charge < -0.3 is 15.5 Å². The highest BCUT2D eigenvalue weighted by Crippen LogP contribution is 2.19. The molecule has 0 spiro atoms. The van der Waals surface area contributed by atoms with E-state index in [0.29, 0.717) is 13.1 Å². The van der Waals surface area contributed by atoms with Crippen molar-refractivity contribution in [2.75, 3.05) is 25.0 Å². The standard InChI is InChI=1S/C25H30N6/c1-19-15-20(2)31(29-19)24-12-5-4-10-22(24)18-28-25(26-3)27-17-21-9-8-11-23(16-21)30-13-6-7-14-30/h4-12,15-16H,13-14,17-18H2,1-3H3,(H2,26,27,28). The molecule has 0 saturated carbocycles. The maximum Gasteiger partial charge on any atom is 0.191 e. The van der Waals surface area contributed by atoms with Crippen molar-refractivity contribution in [1.29, 1.82) is 0 Å². The largest absolute Gasteiger partial charge is 0.364 e. The number of aryl methyl sites for hydroxylation is 2. The molecule has 0 unspecified atom stereocenters. The third-order valence-electron chi connectivity index (χ3n) is 5.45. The van der Waals surface area contributed by atoms with Gasteiger partial charge in [-0.05, 0) is 49.2 Å². The Hall–Kier alpha value is -3.54. The Morgan fingerprint density at radius 3 is 2.48 bits per heavy atom. The lowest BCUT2D eigenvalue weighted by atomic mass is 10.1. The van der Waals surface area contributed by atoms with Gasteiger partial charge >= 0.3 is 0 Å². The third-order valence-corrected chi connectivity index (χ3v) is 5.45. The summed E-state index contributed by atoms with van der Waals surface area (Å²) in [5.41, 5.74) is 6.88. The highest BCUT2D eigenvalue weighted by molar-refractivity contribution is 5.79. The van der Waals surface area contributed by atoms with Crippen LogP contribution in [0, 0.1) is 13.8 Å². The quantitative estimate of drug-likeness (QED) is 0.367. The minimum Gasteiger partial charge on any atom is -0.364 e. The van der Waals surface area contributed by atoms with Gasteiger partial charge in [-0.2, -0.15) is 5.10 Å². The van der Waals surface area contributed by atoms with Crippen LogP contribution in [0.4, 0.5) is 5.69 Å². The van der Waals surface area contributed by atoms with E-state index >= 15 is 0 Å². The fraction of sp³-hybridized carbons (Fsp3) is 0.280. The molecule has 31 heavy (non-hydrogen) atoms. The van der Waals surface area contributed by atoms with Gasteiger partial charge in [-0.15, -0.1) is 0 Å². The summed E-state index contributed by atoms with van der Waals surface area (Å²) in [4.78, 5) is 6.75. The number of aromatic nitrogens is 2. The molecule has 6 heteroatoms. The number of nitrogens with one attached hydrogen (secondary N) is 2. The lowest BCUT2D eigenvalue weighted by Crippen LogP contribution is -2.36. The van der Waals surface area contributed by atoms with Gasteiger partial charge in [0.15, 0.2) is 5.96 Å². The first-order chi connectivity index (χ1) is 15.1. The van der Waals surface area contributed by atoms with Crippen molar-refractivity contribution >= 4 is 11.6 Å². The molecule has 0 aliphatic carbocycles. The summed E-state index contributed by atoms with van der Waals surface area (Å²) in [6, 6.07) is 19.1. The number of anilines is 1. The number of rotatable bonds is 6. The zero-order valence-corrected chi connectivity index (χ0v) is 18.5. The fourth-order valence-electron chi connectivity index (χ4n) is 3.88. The molecule has 0 saturated heterocycles. The van der Waals surface area contributed by atoms with Crippen molar-refractivity contribution < 1.29 is 0 Å². The molecule has 2 aromatic carbocycles. The molecular weight excluding hydrogens is 384 g/mol. The zero-order valence-electron chi connectivity index (χ0n) is 18.5. The van der Waals surface area contributed by atoms with Crippen LogP contribution in [0.25, 0.3) is 5.69 Å². The molecule has 4 rings (SSSR count). The number of benzene rings is 2. The molecule has 0 atom stereocenters. The van der Waals surface area contributed by atoms with Crippen molar-refractivity contribution in [3.63, 3.8) is 0 Å². The topological polar surface area (TPSA) is 57.5 Å². The van der Waals surface area contributed by atoms with Crippen LogP contribution in [-0.2, 0) is 13.1 Å². The summed E-state index contributed by atoms with van der Waals surface area (Å²) in [5.74, 6) is 0.774. The van der Waals surface area contributed by atoms with Crippen LogP contribution in [0.3, 0.4) is 0 Å².